The van der Waals surface area contributed by atoms with Crippen LogP contribution in [0.2, 0.25) is 0 Å². The van der Waals surface area contributed by atoms with E-state index in [1.807, 2.05) is 19.1 Å². The lowest BCUT2D eigenvalue weighted by molar-refractivity contribution is -0.132. The number of nitrogens with one attached hydrogen (secondary N) is 1. The summed E-state index contributed by atoms with van der Waals surface area (Å²) in [5, 5.41) is 2.92. The van der Waals surface area contributed by atoms with Gasteiger partial charge in [0.1, 0.15) is 5.54 Å². The zero-order valence-corrected chi connectivity index (χ0v) is 14.5. The maximum Gasteiger partial charge on any atom is 0.325 e. The molecule has 2 fully saturated rings. The first-order chi connectivity index (χ1) is 10.7. The average molecular weight is 314 g/mol. The van der Waals surface area contributed by atoms with Crippen molar-refractivity contribution in [3.05, 3.63) is 35.4 Å². The van der Waals surface area contributed by atoms with Gasteiger partial charge in [-0.25, -0.2) is 4.79 Å². The maximum absolute atomic E-state index is 12.9. The second kappa shape index (κ2) is 5.36. The summed E-state index contributed by atoms with van der Waals surface area (Å²) < 4.78 is 0. The molecular weight excluding hydrogens is 288 g/mol. The molecule has 1 aromatic rings. The monoisotopic (exact) mass is 314 g/mol. The summed E-state index contributed by atoms with van der Waals surface area (Å²) in [5.74, 6) is -0.113. The molecule has 1 N–H and O–H groups in total. The number of nitrogens with zero attached hydrogens (tertiary/aromatic N) is 1. The second-order valence-electron chi connectivity index (χ2n) is 8.00. The van der Waals surface area contributed by atoms with Crippen molar-refractivity contribution < 1.29 is 9.59 Å². The van der Waals surface area contributed by atoms with Crippen molar-refractivity contribution >= 4 is 11.9 Å². The van der Waals surface area contributed by atoms with Crippen molar-refractivity contribution in [1.82, 2.24) is 10.2 Å². The van der Waals surface area contributed by atoms with Crippen LogP contribution in [0.1, 0.15) is 64.5 Å². The van der Waals surface area contributed by atoms with Gasteiger partial charge in [-0.1, -0.05) is 57.9 Å². The number of carbonyl (C=O) groups excluding carboxylic acids is 2. The van der Waals surface area contributed by atoms with Crippen LogP contribution in [0.15, 0.2) is 24.3 Å². The number of hydrogen-bond donors (Lipinski definition) is 1. The molecule has 1 atom stereocenters. The molecule has 1 aliphatic heterocycles. The van der Waals surface area contributed by atoms with E-state index in [1.54, 1.807) is 0 Å². The van der Waals surface area contributed by atoms with Crippen LogP contribution in [0.4, 0.5) is 4.79 Å². The molecule has 1 aromatic carbocycles. The molecule has 0 aromatic heterocycles. The molecule has 23 heavy (non-hydrogen) atoms. The molecule has 0 spiro atoms. The first-order valence-electron chi connectivity index (χ1n) is 8.50. The first-order valence-corrected chi connectivity index (χ1v) is 8.50. The zero-order chi connectivity index (χ0) is 16.8. The molecule has 0 bridgehead atoms. The van der Waals surface area contributed by atoms with Crippen LogP contribution >= 0.6 is 0 Å². The maximum atomic E-state index is 12.9. The summed E-state index contributed by atoms with van der Waals surface area (Å²) in [7, 11) is 0. The third-order valence-electron chi connectivity index (χ3n) is 5.24. The Bertz CT molecular complexity index is 624. The van der Waals surface area contributed by atoms with E-state index >= 15 is 0 Å². The SMILES string of the molecule is CC(C)(C)c1ccc(C2(C)NC(=O)N(C3CCCC3)C2=O)cc1. The summed E-state index contributed by atoms with van der Waals surface area (Å²) in [5.41, 5.74) is 1.19. The van der Waals surface area contributed by atoms with E-state index in [1.165, 1.54) is 10.5 Å². The number of urea groups is 1. The average Bonchev–Trinajstić information content (AvgIpc) is 3.07. The zero-order valence-electron chi connectivity index (χ0n) is 14.5. The Morgan fingerprint density at radius 1 is 1.09 bits per heavy atom. The smallest absolute Gasteiger partial charge is 0.319 e. The predicted octanol–water partition coefficient (Wildman–Crippen LogP) is 3.69. The number of hydrogen-bond acceptors (Lipinski definition) is 2. The van der Waals surface area contributed by atoms with E-state index in [9.17, 15) is 9.59 Å². The van der Waals surface area contributed by atoms with Crippen LogP contribution in [0.25, 0.3) is 0 Å². The number of amides is 3. The standard InChI is InChI=1S/C19H26N2O2/c1-18(2,3)13-9-11-14(12-10-13)19(4)16(22)21(17(23)20-19)15-7-5-6-8-15/h9-12,15H,5-8H2,1-4H3,(H,20,23). The van der Waals surface area contributed by atoms with Crippen molar-refractivity contribution in [2.24, 2.45) is 0 Å². The molecule has 1 aliphatic carbocycles. The van der Waals surface area contributed by atoms with Gasteiger partial charge in [0, 0.05) is 6.04 Å². The summed E-state index contributed by atoms with van der Waals surface area (Å²) in [6.07, 6.45) is 4.05. The summed E-state index contributed by atoms with van der Waals surface area (Å²) in [4.78, 5) is 26.8. The lowest BCUT2D eigenvalue weighted by atomic mass is 9.84. The molecule has 4 heteroatoms. The van der Waals surface area contributed by atoms with E-state index < -0.39 is 5.54 Å². The third kappa shape index (κ3) is 2.64. The van der Waals surface area contributed by atoms with Crippen LogP contribution in [0.5, 0.6) is 0 Å². The molecule has 2 aliphatic rings. The van der Waals surface area contributed by atoms with E-state index in [0.717, 1.165) is 31.2 Å². The van der Waals surface area contributed by atoms with Crippen LogP contribution in [0.3, 0.4) is 0 Å². The fraction of sp³-hybridized carbons (Fsp3) is 0.579. The third-order valence-corrected chi connectivity index (χ3v) is 5.24. The lowest BCUT2D eigenvalue weighted by Gasteiger charge is -2.26. The molecule has 4 nitrogen and oxygen atoms in total. The molecular formula is C19H26N2O2. The van der Waals surface area contributed by atoms with Gasteiger partial charge in [0.15, 0.2) is 0 Å². The van der Waals surface area contributed by atoms with E-state index in [4.69, 9.17) is 0 Å². The van der Waals surface area contributed by atoms with E-state index in [-0.39, 0.29) is 23.4 Å². The normalized spacial score (nSPS) is 26.0. The first kappa shape index (κ1) is 16.0. The van der Waals surface area contributed by atoms with Gasteiger partial charge >= 0.3 is 6.03 Å². The Kier molecular flexibility index (Phi) is 3.74. The minimum Gasteiger partial charge on any atom is -0.319 e. The van der Waals surface area contributed by atoms with Gasteiger partial charge in [0.05, 0.1) is 0 Å². The summed E-state index contributed by atoms with van der Waals surface area (Å²) in [6, 6.07) is 7.87. The molecule has 1 saturated heterocycles. The lowest BCUT2D eigenvalue weighted by Crippen LogP contribution is -2.42. The number of benzene rings is 1. The second-order valence-corrected chi connectivity index (χ2v) is 8.00. The minimum absolute atomic E-state index is 0.0677. The van der Waals surface area contributed by atoms with Gasteiger partial charge in [-0.15, -0.1) is 0 Å². The molecule has 3 amide bonds. The van der Waals surface area contributed by atoms with Crippen LogP contribution in [-0.2, 0) is 15.7 Å². The van der Waals surface area contributed by atoms with Crippen LogP contribution < -0.4 is 5.32 Å². The highest BCUT2D eigenvalue weighted by Crippen LogP contribution is 2.35. The molecule has 0 radical (unpaired) electrons. The Hall–Kier alpha value is -1.84. The largest absolute Gasteiger partial charge is 0.325 e. The molecule has 124 valence electrons. The van der Waals surface area contributed by atoms with Crippen molar-refractivity contribution in [3.63, 3.8) is 0 Å². The van der Waals surface area contributed by atoms with Gasteiger partial charge in [0.25, 0.3) is 5.91 Å². The van der Waals surface area contributed by atoms with Gasteiger partial charge in [-0.2, -0.15) is 0 Å². The Morgan fingerprint density at radius 3 is 2.17 bits per heavy atom. The molecule has 1 saturated carbocycles. The fourth-order valence-corrected chi connectivity index (χ4v) is 3.65. The van der Waals surface area contributed by atoms with Crippen LogP contribution in [-0.4, -0.2) is 22.9 Å². The van der Waals surface area contributed by atoms with Gasteiger partial charge < -0.3 is 5.32 Å². The quantitative estimate of drug-likeness (QED) is 0.846. The highest BCUT2D eigenvalue weighted by atomic mass is 16.2. The Morgan fingerprint density at radius 2 is 1.65 bits per heavy atom. The molecule has 1 unspecified atom stereocenters. The van der Waals surface area contributed by atoms with Crippen LogP contribution in [0, 0.1) is 0 Å². The van der Waals surface area contributed by atoms with Gasteiger partial charge in [0.2, 0.25) is 0 Å². The topological polar surface area (TPSA) is 49.4 Å². The van der Waals surface area contributed by atoms with Crippen molar-refractivity contribution in [3.8, 4) is 0 Å². The van der Waals surface area contributed by atoms with Crippen molar-refractivity contribution in [2.75, 3.05) is 0 Å². The molecule has 3 rings (SSSR count). The fourth-order valence-electron chi connectivity index (χ4n) is 3.65. The number of imide groups is 1. The van der Waals surface area contributed by atoms with E-state index in [2.05, 4.69) is 38.2 Å². The Labute approximate surface area is 138 Å². The minimum atomic E-state index is -0.948. The highest BCUT2D eigenvalue weighted by molar-refractivity contribution is 6.07. The van der Waals surface area contributed by atoms with Crippen molar-refractivity contribution in [2.45, 2.75) is 70.4 Å². The number of rotatable bonds is 2. The number of carbonyl (C=O) groups is 2. The van der Waals surface area contributed by atoms with Gasteiger partial charge in [-0.3, -0.25) is 9.69 Å². The molecule has 1 heterocycles. The van der Waals surface area contributed by atoms with Crippen molar-refractivity contribution in [1.29, 1.82) is 0 Å². The summed E-state index contributed by atoms with van der Waals surface area (Å²) >= 11 is 0. The Balaban J connectivity index is 1.89. The summed E-state index contributed by atoms with van der Waals surface area (Å²) in [6.45, 7) is 8.30. The van der Waals surface area contributed by atoms with Gasteiger partial charge in [-0.05, 0) is 36.3 Å². The predicted molar refractivity (Wildman–Crippen MR) is 90.1 cm³/mol. The highest BCUT2D eigenvalue weighted by Gasteiger charge is 2.51. The van der Waals surface area contributed by atoms with E-state index in [0.29, 0.717) is 0 Å².